The van der Waals surface area contributed by atoms with E-state index < -0.39 is 6.04 Å². The van der Waals surface area contributed by atoms with E-state index in [4.69, 9.17) is 11.6 Å². The van der Waals surface area contributed by atoms with E-state index in [-0.39, 0.29) is 18.6 Å². The summed E-state index contributed by atoms with van der Waals surface area (Å²) in [4.78, 5) is 13.9. The van der Waals surface area contributed by atoms with E-state index in [1.807, 2.05) is 26.0 Å². The highest BCUT2D eigenvalue weighted by Crippen LogP contribution is 2.28. The average molecular weight is 269 g/mol. The molecule has 1 aliphatic rings. The zero-order valence-corrected chi connectivity index (χ0v) is 11.2. The first kappa shape index (κ1) is 13.3. The molecule has 1 saturated heterocycles. The van der Waals surface area contributed by atoms with Crippen LogP contribution in [0.4, 0.5) is 5.69 Å². The summed E-state index contributed by atoms with van der Waals surface area (Å²) in [7, 11) is 0. The highest BCUT2D eigenvalue weighted by Gasteiger charge is 2.32. The van der Waals surface area contributed by atoms with Crippen molar-refractivity contribution in [1.29, 1.82) is 0 Å². The van der Waals surface area contributed by atoms with Gasteiger partial charge in [0.15, 0.2) is 0 Å². The predicted octanol–water partition coefficient (Wildman–Crippen LogP) is 1.33. The zero-order valence-electron chi connectivity index (χ0n) is 10.5. The lowest BCUT2D eigenvalue weighted by Gasteiger charge is -2.37. The van der Waals surface area contributed by atoms with Gasteiger partial charge in [0.2, 0.25) is 5.91 Å². The van der Waals surface area contributed by atoms with Crippen molar-refractivity contribution in [3.05, 3.63) is 28.8 Å². The van der Waals surface area contributed by atoms with Crippen LogP contribution in [-0.2, 0) is 4.79 Å². The first-order valence-electron chi connectivity index (χ1n) is 5.98. The van der Waals surface area contributed by atoms with Crippen molar-refractivity contribution in [3.63, 3.8) is 0 Å². The molecular weight excluding hydrogens is 252 g/mol. The second-order valence-corrected chi connectivity index (χ2v) is 5.04. The summed E-state index contributed by atoms with van der Waals surface area (Å²) in [5.74, 6) is -0.110. The van der Waals surface area contributed by atoms with Crippen LogP contribution in [0.2, 0.25) is 5.02 Å². The van der Waals surface area contributed by atoms with Gasteiger partial charge in [-0.3, -0.25) is 10.1 Å². The number of amides is 1. The van der Waals surface area contributed by atoms with Crippen molar-refractivity contribution >= 4 is 23.2 Å². The fraction of sp³-hybridized carbons (Fsp3) is 0.462. The number of rotatable bonds is 2. The molecule has 1 aromatic rings. The lowest BCUT2D eigenvalue weighted by Crippen LogP contribution is -2.60. The molecule has 2 atom stereocenters. The normalized spacial score (nSPS) is 24.4. The molecule has 2 rings (SSSR count). The molecule has 1 aliphatic heterocycles. The molecule has 1 heterocycles. The van der Waals surface area contributed by atoms with Crippen molar-refractivity contribution in [2.75, 3.05) is 18.1 Å². The van der Waals surface area contributed by atoms with Crippen LogP contribution in [0.25, 0.3) is 0 Å². The van der Waals surface area contributed by atoms with Crippen molar-refractivity contribution in [2.24, 2.45) is 0 Å². The summed E-state index contributed by atoms with van der Waals surface area (Å²) in [5, 5.41) is 13.0. The molecule has 0 aromatic heterocycles. The molecule has 1 amide bonds. The summed E-state index contributed by atoms with van der Waals surface area (Å²) >= 11 is 6.08. The Bertz CT molecular complexity index is 464. The maximum absolute atomic E-state index is 12.2. The topological polar surface area (TPSA) is 52.6 Å². The molecule has 5 heteroatoms. The van der Waals surface area contributed by atoms with Crippen molar-refractivity contribution in [3.8, 4) is 0 Å². The maximum atomic E-state index is 12.2. The number of carbonyl (C=O) groups excluding carboxylic acids is 1. The SMILES string of the molecule is Cc1c(Cl)cccc1N1CC(C)NC(CO)C1=O. The molecule has 0 bridgehead atoms. The van der Waals surface area contributed by atoms with Crippen LogP contribution in [0, 0.1) is 6.92 Å². The lowest BCUT2D eigenvalue weighted by atomic mass is 10.1. The Kier molecular flexibility index (Phi) is 3.90. The minimum absolute atomic E-state index is 0.110. The van der Waals surface area contributed by atoms with Crippen molar-refractivity contribution < 1.29 is 9.90 Å². The quantitative estimate of drug-likeness (QED) is 0.851. The third-order valence-corrected chi connectivity index (χ3v) is 3.63. The molecule has 1 fully saturated rings. The Morgan fingerprint density at radius 3 is 2.94 bits per heavy atom. The zero-order chi connectivity index (χ0) is 13.3. The van der Waals surface area contributed by atoms with Gasteiger partial charge in [0.05, 0.1) is 6.61 Å². The second-order valence-electron chi connectivity index (χ2n) is 4.64. The molecule has 18 heavy (non-hydrogen) atoms. The number of anilines is 1. The van der Waals surface area contributed by atoms with Gasteiger partial charge in [-0.1, -0.05) is 17.7 Å². The number of halogens is 1. The van der Waals surface area contributed by atoms with E-state index in [0.717, 1.165) is 11.3 Å². The van der Waals surface area contributed by atoms with Gasteiger partial charge in [-0.15, -0.1) is 0 Å². The number of benzene rings is 1. The van der Waals surface area contributed by atoms with Gasteiger partial charge in [-0.05, 0) is 31.5 Å². The van der Waals surface area contributed by atoms with Gasteiger partial charge in [-0.25, -0.2) is 0 Å². The lowest BCUT2D eigenvalue weighted by molar-refractivity contribution is -0.123. The first-order valence-corrected chi connectivity index (χ1v) is 6.35. The van der Waals surface area contributed by atoms with E-state index in [0.29, 0.717) is 11.6 Å². The fourth-order valence-corrected chi connectivity index (χ4v) is 2.43. The van der Waals surface area contributed by atoms with Gasteiger partial charge >= 0.3 is 0 Å². The number of hydrogen-bond acceptors (Lipinski definition) is 3. The maximum Gasteiger partial charge on any atom is 0.246 e. The van der Waals surface area contributed by atoms with Crippen LogP contribution in [0.15, 0.2) is 18.2 Å². The minimum Gasteiger partial charge on any atom is -0.394 e. The third kappa shape index (κ3) is 2.36. The molecular formula is C13H17ClN2O2. The fourth-order valence-electron chi connectivity index (χ4n) is 2.26. The highest BCUT2D eigenvalue weighted by atomic mass is 35.5. The molecule has 0 radical (unpaired) electrons. The van der Waals surface area contributed by atoms with Gasteiger partial charge in [0.25, 0.3) is 0 Å². The van der Waals surface area contributed by atoms with Crippen LogP contribution >= 0.6 is 11.6 Å². The Morgan fingerprint density at radius 1 is 1.56 bits per heavy atom. The highest BCUT2D eigenvalue weighted by molar-refractivity contribution is 6.31. The van der Waals surface area contributed by atoms with Crippen LogP contribution < -0.4 is 10.2 Å². The molecule has 2 N–H and O–H groups in total. The number of nitrogens with zero attached hydrogens (tertiary/aromatic N) is 1. The largest absolute Gasteiger partial charge is 0.394 e. The van der Waals surface area contributed by atoms with Crippen LogP contribution in [-0.4, -0.2) is 36.2 Å². The molecule has 0 spiro atoms. The Hall–Kier alpha value is -1.10. The number of hydrogen-bond donors (Lipinski definition) is 2. The van der Waals surface area contributed by atoms with Gasteiger partial charge in [0.1, 0.15) is 6.04 Å². The Morgan fingerprint density at radius 2 is 2.28 bits per heavy atom. The number of carbonyl (C=O) groups is 1. The summed E-state index contributed by atoms with van der Waals surface area (Å²) in [6.45, 7) is 4.27. The predicted molar refractivity (Wildman–Crippen MR) is 72.0 cm³/mol. The van der Waals surface area contributed by atoms with Gasteiger partial charge in [0, 0.05) is 23.3 Å². The van der Waals surface area contributed by atoms with E-state index in [2.05, 4.69) is 5.32 Å². The Labute approximate surface area is 112 Å². The van der Waals surface area contributed by atoms with E-state index in [9.17, 15) is 9.90 Å². The average Bonchev–Trinajstić information content (AvgIpc) is 2.35. The van der Waals surface area contributed by atoms with E-state index in [1.165, 1.54) is 0 Å². The molecule has 1 aromatic carbocycles. The first-order chi connectivity index (χ1) is 8.54. The number of aliphatic hydroxyl groups excluding tert-OH is 1. The summed E-state index contributed by atoms with van der Waals surface area (Å²) in [6, 6.07) is 5.12. The van der Waals surface area contributed by atoms with E-state index in [1.54, 1.807) is 11.0 Å². The summed E-state index contributed by atoms with van der Waals surface area (Å²) < 4.78 is 0. The van der Waals surface area contributed by atoms with E-state index >= 15 is 0 Å². The number of nitrogens with one attached hydrogen (secondary N) is 1. The van der Waals surface area contributed by atoms with Crippen molar-refractivity contribution in [1.82, 2.24) is 5.32 Å². The monoisotopic (exact) mass is 268 g/mol. The summed E-state index contributed by atoms with van der Waals surface area (Å²) in [5.41, 5.74) is 1.71. The molecule has 0 saturated carbocycles. The Balaban J connectivity index is 2.36. The van der Waals surface area contributed by atoms with Gasteiger partial charge in [-0.2, -0.15) is 0 Å². The van der Waals surface area contributed by atoms with Crippen LogP contribution in [0.1, 0.15) is 12.5 Å². The van der Waals surface area contributed by atoms with Gasteiger partial charge < -0.3 is 10.0 Å². The number of aliphatic hydroxyl groups is 1. The number of piperazine rings is 1. The van der Waals surface area contributed by atoms with Crippen LogP contribution in [0.5, 0.6) is 0 Å². The van der Waals surface area contributed by atoms with Crippen LogP contribution in [0.3, 0.4) is 0 Å². The smallest absolute Gasteiger partial charge is 0.246 e. The second kappa shape index (κ2) is 5.26. The molecule has 2 unspecified atom stereocenters. The standard InChI is InChI=1S/C13H17ClN2O2/c1-8-6-16(13(18)11(7-17)15-8)12-5-3-4-10(14)9(12)2/h3-5,8,11,15,17H,6-7H2,1-2H3. The third-order valence-electron chi connectivity index (χ3n) is 3.22. The molecule has 4 nitrogen and oxygen atoms in total. The minimum atomic E-state index is -0.535. The molecule has 0 aliphatic carbocycles. The molecule has 98 valence electrons. The van der Waals surface area contributed by atoms with Crippen molar-refractivity contribution in [2.45, 2.75) is 25.9 Å². The summed E-state index contributed by atoms with van der Waals surface area (Å²) in [6.07, 6.45) is 0.